The Morgan fingerprint density at radius 3 is 2.47 bits per heavy atom. The highest BCUT2D eigenvalue weighted by molar-refractivity contribution is 14.1. The summed E-state index contributed by atoms with van der Waals surface area (Å²) in [5.74, 6) is -0.840. The third kappa shape index (κ3) is 4.49. The summed E-state index contributed by atoms with van der Waals surface area (Å²) in [6.45, 7) is 1.98. The average Bonchev–Trinajstić information content (AvgIpc) is 2.37. The van der Waals surface area contributed by atoms with Crippen LogP contribution in [0.2, 0.25) is 0 Å². The maximum atomic E-state index is 11.9. The summed E-state index contributed by atoms with van der Waals surface area (Å²) in [5, 5.41) is 0. The molecule has 0 spiro atoms. The first-order chi connectivity index (χ1) is 8.91. The number of carbonyl (C=O) groups is 2. The number of methoxy groups -OCH3 is 2. The molecule has 0 aliphatic rings. The van der Waals surface area contributed by atoms with Crippen molar-refractivity contribution in [2.75, 3.05) is 14.2 Å². The Balaban J connectivity index is 2.97. The van der Waals surface area contributed by atoms with Gasteiger partial charge in [-0.3, -0.25) is 9.59 Å². The van der Waals surface area contributed by atoms with Gasteiger partial charge in [-0.25, -0.2) is 0 Å². The predicted molar refractivity (Wildman–Crippen MR) is 80.3 cm³/mol. The Morgan fingerprint density at radius 1 is 1.26 bits per heavy atom. The first-order valence-electron chi connectivity index (χ1n) is 5.81. The Kier molecular flexibility index (Phi) is 5.78. The Morgan fingerprint density at radius 2 is 1.95 bits per heavy atom. The minimum absolute atomic E-state index is 0.00925. The van der Waals surface area contributed by atoms with Crippen LogP contribution in [-0.4, -0.2) is 29.6 Å². The van der Waals surface area contributed by atoms with Gasteiger partial charge in [0.25, 0.3) is 0 Å². The van der Waals surface area contributed by atoms with Crippen molar-refractivity contribution in [1.29, 1.82) is 0 Å². The van der Waals surface area contributed by atoms with E-state index in [9.17, 15) is 9.59 Å². The van der Waals surface area contributed by atoms with Crippen molar-refractivity contribution in [2.24, 2.45) is 0 Å². The monoisotopic (exact) mass is 376 g/mol. The fourth-order valence-corrected chi connectivity index (χ4v) is 2.81. The number of aryl methyl sites for hydroxylation is 1. The molecule has 4 nitrogen and oxygen atoms in total. The maximum absolute atomic E-state index is 11.9. The molecule has 0 N–H and O–H groups in total. The summed E-state index contributed by atoms with van der Waals surface area (Å²) in [5.41, 5.74) is 2.10. The zero-order valence-electron chi connectivity index (χ0n) is 11.2. The van der Waals surface area contributed by atoms with E-state index in [2.05, 4.69) is 4.74 Å². The van der Waals surface area contributed by atoms with Crippen molar-refractivity contribution in [3.05, 3.63) is 35.4 Å². The molecule has 1 atom stereocenters. The van der Waals surface area contributed by atoms with Crippen LogP contribution >= 0.6 is 22.6 Å². The number of halogens is 1. The predicted octanol–water partition coefficient (Wildman–Crippen LogP) is 2.45. The molecular weight excluding hydrogens is 359 g/mol. The summed E-state index contributed by atoms with van der Waals surface area (Å²) >= 11 is 1.98. The lowest BCUT2D eigenvalue weighted by atomic mass is 9.95. The van der Waals surface area contributed by atoms with Crippen molar-refractivity contribution in [2.45, 2.75) is 23.2 Å². The lowest BCUT2D eigenvalue weighted by molar-refractivity contribution is -0.149. The number of ether oxygens (including phenoxy) is 2. The van der Waals surface area contributed by atoms with Gasteiger partial charge in [0.15, 0.2) is 0 Å². The summed E-state index contributed by atoms with van der Waals surface area (Å²) in [7, 11) is 2.63. The molecular formula is C14H17IO4. The highest BCUT2D eigenvalue weighted by atomic mass is 127. The van der Waals surface area contributed by atoms with Crippen molar-refractivity contribution in [1.82, 2.24) is 0 Å². The SMILES string of the molecule is COC(=O)CC(I)(Cc1cccc(C)c1)C(=O)OC. The van der Waals surface area contributed by atoms with E-state index in [0.717, 1.165) is 11.1 Å². The Hall–Kier alpha value is -1.11. The minimum Gasteiger partial charge on any atom is -0.469 e. The van der Waals surface area contributed by atoms with Crippen LogP contribution < -0.4 is 0 Å². The molecule has 5 heteroatoms. The molecule has 1 unspecified atom stereocenters. The maximum Gasteiger partial charge on any atom is 0.322 e. The van der Waals surface area contributed by atoms with Crippen molar-refractivity contribution in [3.8, 4) is 0 Å². The molecule has 1 rings (SSSR count). The smallest absolute Gasteiger partial charge is 0.322 e. The quantitative estimate of drug-likeness (QED) is 0.450. The molecule has 0 fully saturated rings. The van der Waals surface area contributed by atoms with Crippen LogP contribution in [0.25, 0.3) is 0 Å². The van der Waals surface area contributed by atoms with Crippen LogP contribution in [0.3, 0.4) is 0 Å². The van der Waals surface area contributed by atoms with E-state index < -0.39 is 15.4 Å². The number of carbonyl (C=O) groups excluding carboxylic acids is 2. The second-order valence-corrected chi connectivity index (χ2v) is 6.44. The third-order valence-corrected chi connectivity index (χ3v) is 3.97. The molecule has 0 saturated carbocycles. The highest BCUT2D eigenvalue weighted by Gasteiger charge is 2.39. The zero-order valence-corrected chi connectivity index (χ0v) is 13.4. The van der Waals surface area contributed by atoms with Gasteiger partial charge in [-0.2, -0.15) is 0 Å². The van der Waals surface area contributed by atoms with Crippen LogP contribution in [0.15, 0.2) is 24.3 Å². The standard InChI is InChI=1S/C14H17IO4/c1-10-5-4-6-11(7-10)8-14(15,13(17)19-3)9-12(16)18-2/h4-7H,8-9H2,1-3H3. The molecule has 0 aliphatic carbocycles. The van der Waals surface area contributed by atoms with Crippen molar-refractivity contribution in [3.63, 3.8) is 0 Å². The number of benzene rings is 1. The summed E-state index contributed by atoms with van der Waals surface area (Å²) in [4.78, 5) is 23.4. The van der Waals surface area contributed by atoms with E-state index in [0.29, 0.717) is 6.42 Å². The molecule has 0 radical (unpaired) electrons. The Labute approximate surface area is 126 Å². The van der Waals surface area contributed by atoms with Crippen LogP contribution in [0.4, 0.5) is 0 Å². The molecule has 0 amide bonds. The molecule has 0 bridgehead atoms. The molecule has 0 aromatic heterocycles. The van der Waals surface area contributed by atoms with Crippen molar-refractivity contribution >= 4 is 34.5 Å². The van der Waals surface area contributed by atoms with Gasteiger partial charge in [0.05, 0.1) is 20.6 Å². The summed E-state index contributed by atoms with van der Waals surface area (Å²) in [6, 6.07) is 7.84. The second-order valence-electron chi connectivity index (χ2n) is 4.38. The molecule has 1 aromatic rings. The number of esters is 2. The van der Waals surface area contributed by atoms with E-state index in [-0.39, 0.29) is 6.42 Å². The van der Waals surface area contributed by atoms with Gasteiger partial charge in [-0.1, -0.05) is 52.4 Å². The van der Waals surface area contributed by atoms with Gasteiger partial charge in [0, 0.05) is 0 Å². The molecule has 1 aromatic carbocycles. The van der Waals surface area contributed by atoms with E-state index in [1.165, 1.54) is 14.2 Å². The van der Waals surface area contributed by atoms with Gasteiger partial charge in [-0.15, -0.1) is 0 Å². The lowest BCUT2D eigenvalue weighted by Gasteiger charge is -2.23. The normalized spacial score (nSPS) is 13.5. The molecule has 0 saturated heterocycles. The van der Waals surface area contributed by atoms with Crippen molar-refractivity contribution < 1.29 is 19.1 Å². The Bertz CT molecular complexity index is 472. The fraction of sp³-hybridized carbons (Fsp3) is 0.429. The number of hydrogen-bond donors (Lipinski definition) is 0. The first kappa shape index (κ1) is 15.9. The summed E-state index contributed by atoms with van der Waals surface area (Å²) < 4.78 is 8.52. The second kappa shape index (κ2) is 6.88. The van der Waals surface area contributed by atoms with E-state index >= 15 is 0 Å². The molecule has 0 aliphatic heterocycles. The molecule has 104 valence electrons. The number of hydrogen-bond acceptors (Lipinski definition) is 4. The van der Waals surface area contributed by atoms with Gasteiger partial charge >= 0.3 is 11.9 Å². The molecule has 19 heavy (non-hydrogen) atoms. The molecule has 0 heterocycles. The highest BCUT2D eigenvalue weighted by Crippen LogP contribution is 2.30. The van der Waals surface area contributed by atoms with E-state index in [1.807, 2.05) is 53.8 Å². The van der Waals surface area contributed by atoms with Crippen LogP contribution in [0.5, 0.6) is 0 Å². The largest absolute Gasteiger partial charge is 0.469 e. The van der Waals surface area contributed by atoms with Gasteiger partial charge in [-0.05, 0) is 18.9 Å². The van der Waals surface area contributed by atoms with Gasteiger partial charge in [0.1, 0.15) is 3.42 Å². The fourth-order valence-electron chi connectivity index (χ4n) is 1.84. The minimum atomic E-state index is -0.937. The average molecular weight is 376 g/mol. The van der Waals surface area contributed by atoms with Gasteiger partial charge < -0.3 is 9.47 Å². The zero-order chi connectivity index (χ0) is 14.5. The lowest BCUT2D eigenvalue weighted by Crippen LogP contribution is -2.38. The number of rotatable bonds is 5. The van der Waals surface area contributed by atoms with Gasteiger partial charge in [0.2, 0.25) is 0 Å². The van der Waals surface area contributed by atoms with Crippen LogP contribution in [0.1, 0.15) is 17.5 Å². The topological polar surface area (TPSA) is 52.6 Å². The summed E-state index contributed by atoms with van der Waals surface area (Å²) in [6.07, 6.45) is 0.418. The van der Waals surface area contributed by atoms with E-state index in [4.69, 9.17) is 4.74 Å². The van der Waals surface area contributed by atoms with Crippen LogP contribution in [-0.2, 0) is 25.5 Å². The van der Waals surface area contributed by atoms with E-state index in [1.54, 1.807) is 0 Å². The third-order valence-electron chi connectivity index (χ3n) is 2.77. The number of alkyl halides is 1. The van der Waals surface area contributed by atoms with Crippen LogP contribution in [0, 0.1) is 6.92 Å². The first-order valence-corrected chi connectivity index (χ1v) is 6.89.